The predicted octanol–water partition coefficient (Wildman–Crippen LogP) is 6.34. The molecule has 1 aliphatic heterocycles. The molecule has 0 spiro atoms. The summed E-state index contributed by atoms with van der Waals surface area (Å²) < 4.78 is 12.5. The number of carbonyl (C=O) groups is 2. The molecule has 35 heavy (non-hydrogen) atoms. The van der Waals surface area contributed by atoms with E-state index in [9.17, 15) is 14.1 Å². The van der Waals surface area contributed by atoms with Gasteiger partial charge in [-0.15, -0.1) is 0 Å². The monoisotopic (exact) mass is 478 g/mol. The summed E-state index contributed by atoms with van der Waals surface area (Å²) in [5.41, 5.74) is 6.91. The van der Waals surface area contributed by atoms with Crippen LogP contribution in [0.2, 0.25) is 0 Å². The topological polar surface area (TPSA) is 57.2 Å². The molecule has 0 amide bonds. The zero-order valence-corrected chi connectivity index (χ0v) is 20.7. The number of fused-ring (bicyclic) bond motifs is 4. The van der Waals surface area contributed by atoms with E-state index in [4.69, 9.17) is 0 Å². The number of carbonyl (C=O) groups excluding carboxylic acids is 2. The van der Waals surface area contributed by atoms with Crippen molar-refractivity contribution in [1.82, 2.24) is 0 Å². The van der Waals surface area contributed by atoms with E-state index in [0.717, 1.165) is 34.6 Å². The molecule has 0 saturated carbocycles. The lowest BCUT2D eigenvalue weighted by Gasteiger charge is -2.23. The molecule has 0 bridgehead atoms. The Hall–Kier alpha value is -3.47. The van der Waals surface area contributed by atoms with E-state index < -0.39 is 11.2 Å². The highest BCUT2D eigenvalue weighted by molar-refractivity contribution is 7.91. The van der Waals surface area contributed by atoms with Crippen molar-refractivity contribution in [3.05, 3.63) is 129 Å². The van der Waals surface area contributed by atoms with E-state index in [1.165, 1.54) is 16.7 Å². The molecule has 0 fully saturated rings. The van der Waals surface area contributed by atoms with Crippen LogP contribution in [0.3, 0.4) is 0 Å². The number of hydrogen-bond donors (Lipinski definition) is 0. The van der Waals surface area contributed by atoms with Gasteiger partial charge in [0, 0.05) is 51.0 Å². The minimum absolute atomic E-state index is 0.0300. The van der Waals surface area contributed by atoms with Gasteiger partial charge in [0.15, 0.2) is 21.4 Å². The third-order valence-electron chi connectivity index (χ3n) is 6.77. The third kappa shape index (κ3) is 4.03. The molecular formula is C31H26O3S. The summed E-state index contributed by atoms with van der Waals surface area (Å²) in [6.07, 6.45) is 2.67. The molecule has 1 unspecified atom stereocenters. The maximum absolute atomic E-state index is 12.5. The average molecular weight is 479 g/mol. The summed E-state index contributed by atoms with van der Waals surface area (Å²) in [7, 11) is 0. The largest absolute Gasteiger partial charge is 0.606 e. The fourth-order valence-electron chi connectivity index (χ4n) is 4.97. The van der Waals surface area contributed by atoms with Crippen LogP contribution in [0.4, 0.5) is 0 Å². The van der Waals surface area contributed by atoms with Crippen LogP contribution in [0.25, 0.3) is 0 Å². The second kappa shape index (κ2) is 9.65. The Balaban J connectivity index is 0.000000145. The van der Waals surface area contributed by atoms with Crippen molar-refractivity contribution >= 4 is 22.7 Å². The minimum Gasteiger partial charge on any atom is -0.606 e. The molecule has 4 aromatic carbocycles. The fraction of sp³-hybridized carbons (Fsp3) is 0.161. The summed E-state index contributed by atoms with van der Waals surface area (Å²) in [4.78, 5) is 26.8. The molecule has 2 aliphatic rings. The molecule has 0 aromatic heterocycles. The number of aryl methyl sites for hydroxylation is 2. The SMILES string of the molecule is CCc1cccc2c1C(=O)c1ccccc1C2=O.CCc1cccc2c1Cc1ccccc1[S+]2[O-]. The quantitative estimate of drug-likeness (QED) is 0.278. The Morgan fingerprint density at radius 1 is 0.657 bits per heavy atom. The van der Waals surface area contributed by atoms with Crippen LogP contribution in [0.5, 0.6) is 0 Å². The van der Waals surface area contributed by atoms with Crippen molar-refractivity contribution in [2.75, 3.05) is 0 Å². The van der Waals surface area contributed by atoms with Crippen molar-refractivity contribution in [3.63, 3.8) is 0 Å². The van der Waals surface area contributed by atoms with Crippen LogP contribution in [-0.2, 0) is 30.4 Å². The zero-order chi connectivity index (χ0) is 24.5. The van der Waals surface area contributed by atoms with Gasteiger partial charge >= 0.3 is 0 Å². The third-order valence-corrected chi connectivity index (χ3v) is 8.35. The summed E-state index contributed by atoms with van der Waals surface area (Å²) in [6.45, 7) is 4.15. The van der Waals surface area contributed by atoms with E-state index in [-0.39, 0.29) is 11.6 Å². The first-order chi connectivity index (χ1) is 17.0. The van der Waals surface area contributed by atoms with E-state index in [1.54, 1.807) is 30.3 Å². The lowest BCUT2D eigenvalue weighted by molar-refractivity contribution is 0.0978. The second-order valence-corrected chi connectivity index (χ2v) is 10.1. The van der Waals surface area contributed by atoms with Gasteiger partial charge in [0.25, 0.3) is 0 Å². The Morgan fingerprint density at radius 2 is 1.23 bits per heavy atom. The van der Waals surface area contributed by atoms with E-state index in [0.29, 0.717) is 22.3 Å². The first-order valence-corrected chi connectivity index (χ1v) is 13.1. The molecule has 4 heteroatoms. The van der Waals surface area contributed by atoms with Gasteiger partial charge in [0.2, 0.25) is 0 Å². The maximum atomic E-state index is 12.5. The van der Waals surface area contributed by atoms with Gasteiger partial charge < -0.3 is 4.55 Å². The van der Waals surface area contributed by atoms with Crippen LogP contribution >= 0.6 is 0 Å². The van der Waals surface area contributed by atoms with Crippen LogP contribution in [0.15, 0.2) is 94.7 Å². The molecule has 0 N–H and O–H groups in total. The lowest BCUT2D eigenvalue weighted by Crippen LogP contribution is -2.22. The van der Waals surface area contributed by atoms with Gasteiger partial charge in [-0.2, -0.15) is 0 Å². The molecule has 3 nitrogen and oxygen atoms in total. The molecule has 0 radical (unpaired) electrons. The molecule has 6 rings (SSSR count). The maximum Gasteiger partial charge on any atom is 0.194 e. The lowest BCUT2D eigenvalue weighted by atomic mass is 9.81. The van der Waals surface area contributed by atoms with Crippen LogP contribution in [0.1, 0.15) is 67.9 Å². The Labute approximate surface area is 209 Å². The number of hydrogen-bond acceptors (Lipinski definition) is 3. The second-order valence-electron chi connectivity index (χ2n) is 8.70. The van der Waals surface area contributed by atoms with Crippen molar-refractivity contribution in [2.24, 2.45) is 0 Å². The van der Waals surface area contributed by atoms with E-state index >= 15 is 0 Å². The standard InChI is InChI=1S/C16H12O2.C15H14OS/c1-2-10-6-5-9-13-14(10)16(18)12-8-4-3-7-11(12)15(13)17;1-2-11-7-5-9-15-13(11)10-12-6-3-4-8-14(12)17(15)16/h3-9H,2H2,1H3;3-9H,2,10H2,1H3. The first-order valence-electron chi connectivity index (χ1n) is 12.0. The Bertz CT molecular complexity index is 1450. The normalized spacial score (nSPS) is 15.2. The zero-order valence-electron chi connectivity index (χ0n) is 19.8. The van der Waals surface area contributed by atoms with Crippen molar-refractivity contribution in [3.8, 4) is 0 Å². The molecule has 4 aromatic rings. The molecular weight excluding hydrogens is 452 g/mol. The van der Waals surface area contributed by atoms with Crippen molar-refractivity contribution in [1.29, 1.82) is 0 Å². The molecule has 1 aliphatic carbocycles. The van der Waals surface area contributed by atoms with Gasteiger partial charge in [-0.1, -0.05) is 86.6 Å². The highest BCUT2D eigenvalue weighted by Gasteiger charge is 2.31. The fourth-order valence-corrected chi connectivity index (χ4v) is 6.41. The summed E-state index contributed by atoms with van der Waals surface area (Å²) >= 11 is -1.00. The smallest absolute Gasteiger partial charge is 0.194 e. The molecule has 1 heterocycles. The highest BCUT2D eigenvalue weighted by atomic mass is 32.2. The van der Waals surface area contributed by atoms with Gasteiger partial charge in [-0.3, -0.25) is 9.59 Å². The van der Waals surface area contributed by atoms with Gasteiger partial charge in [0.1, 0.15) is 0 Å². The first kappa shape index (κ1) is 23.3. The minimum atomic E-state index is -1.00. The summed E-state index contributed by atoms with van der Waals surface area (Å²) in [5.74, 6) is -0.0758. The average Bonchev–Trinajstić information content (AvgIpc) is 2.91. The van der Waals surface area contributed by atoms with Crippen molar-refractivity contribution < 1.29 is 14.1 Å². The Morgan fingerprint density at radius 3 is 1.97 bits per heavy atom. The van der Waals surface area contributed by atoms with E-state index in [2.05, 4.69) is 19.1 Å². The number of ketones is 2. The number of benzene rings is 4. The summed E-state index contributed by atoms with van der Waals surface area (Å²) in [6, 6.07) is 26.7. The van der Waals surface area contributed by atoms with Crippen LogP contribution in [-0.4, -0.2) is 16.1 Å². The predicted molar refractivity (Wildman–Crippen MR) is 139 cm³/mol. The van der Waals surface area contributed by atoms with Gasteiger partial charge in [-0.05, 0) is 36.1 Å². The van der Waals surface area contributed by atoms with Gasteiger partial charge in [-0.25, -0.2) is 0 Å². The summed E-state index contributed by atoms with van der Waals surface area (Å²) in [5, 5.41) is 0. The van der Waals surface area contributed by atoms with Gasteiger partial charge in [0.05, 0.1) is 0 Å². The van der Waals surface area contributed by atoms with Crippen LogP contribution in [0, 0.1) is 0 Å². The Kier molecular flexibility index (Phi) is 6.42. The molecule has 174 valence electrons. The highest BCUT2D eigenvalue weighted by Crippen LogP contribution is 2.36. The van der Waals surface area contributed by atoms with Crippen molar-refractivity contribution in [2.45, 2.75) is 42.9 Å². The molecule has 0 saturated heterocycles. The van der Waals surface area contributed by atoms with Crippen LogP contribution < -0.4 is 0 Å². The van der Waals surface area contributed by atoms with E-state index in [1.807, 2.05) is 49.4 Å². The number of rotatable bonds is 2. The molecule has 1 atom stereocenters.